The maximum atomic E-state index is 10.8. The van der Waals surface area contributed by atoms with E-state index in [0.29, 0.717) is 5.69 Å². The number of nitrogen functional groups attached to an aromatic ring is 1. The fourth-order valence-corrected chi connectivity index (χ4v) is 1.22. The third-order valence-corrected chi connectivity index (χ3v) is 1.97. The minimum Gasteiger partial charge on any atom is -0.506 e. The number of phenolic OH excluding ortho intramolecular Hbond substituents is 1. The molecule has 0 aliphatic heterocycles. The summed E-state index contributed by atoms with van der Waals surface area (Å²) in [6.45, 7) is 3.29. The van der Waals surface area contributed by atoms with Crippen LogP contribution in [-0.4, -0.2) is 11.0 Å². The second kappa shape index (κ2) is 5.46. The van der Waals surface area contributed by atoms with Crippen molar-refractivity contribution in [2.24, 2.45) is 0 Å². The van der Waals surface area contributed by atoms with Crippen LogP contribution in [0, 0.1) is 0 Å². The van der Waals surface area contributed by atoms with Crippen molar-refractivity contribution in [2.45, 2.75) is 19.9 Å². The Kier molecular flexibility index (Phi) is 4.94. The molecule has 1 aromatic rings. The molecule has 0 spiro atoms. The number of amides is 1. The Balaban J connectivity index is 0.00000196. The van der Waals surface area contributed by atoms with Gasteiger partial charge in [-0.15, -0.1) is 12.4 Å². The maximum absolute atomic E-state index is 10.8. The van der Waals surface area contributed by atoms with Gasteiger partial charge in [0.2, 0.25) is 5.91 Å². The Morgan fingerprint density at radius 3 is 2.60 bits per heavy atom. The van der Waals surface area contributed by atoms with Crippen LogP contribution in [0.1, 0.15) is 25.5 Å². The molecule has 0 saturated carbocycles. The van der Waals surface area contributed by atoms with E-state index >= 15 is 0 Å². The van der Waals surface area contributed by atoms with Crippen molar-refractivity contribution in [3.63, 3.8) is 0 Å². The van der Waals surface area contributed by atoms with Crippen molar-refractivity contribution < 1.29 is 9.90 Å². The first-order valence-corrected chi connectivity index (χ1v) is 4.36. The summed E-state index contributed by atoms with van der Waals surface area (Å²) in [6.07, 6.45) is 0. The Bertz CT molecular complexity index is 355. The molecule has 1 rings (SSSR count). The van der Waals surface area contributed by atoms with Gasteiger partial charge in [0.1, 0.15) is 5.75 Å². The topological polar surface area (TPSA) is 75.4 Å². The molecule has 15 heavy (non-hydrogen) atoms. The van der Waals surface area contributed by atoms with Crippen LogP contribution in [0.25, 0.3) is 0 Å². The summed E-state index contributed by atoms with van der Waals surface area (Å²) in [5.41, 5.74) is 6.62. The minimum atomic E-state index is -0.126. The first-order valence-electron chi connectivity index (χ1n) is 4.36. The first kappa shape index (κ1) is 13.6. The van der Waals surface area contributed by atoms with E-state index in [1.165, 1.54) is 6.92 Å². The van der Waals surface area contributed by atoms with Crippen LogP contribution in [0.4, 0.5) is 5.69 Å². The van der Waals surface area contributed by atoms with E-state index in [2.05, 4.69) is 5.32 Å². The Hall–Kier alpha value is -1.42. The van der Waals surface area contributed by atoms with Crippen LogP contribution in [0.5, 0.6) is 5.75 Å². The molecular weight excluding hydrogens is 216 g/mol. The Morgan fingerprint density at radius 2 is 2.13 bits per heavy atom. The third kappa shape index (κ3) is 3.67. The molecule has 1 amide bonds. The maximum Gasteiger partial charge on any atom is 0.217 e. The highest BCUT2D eigenvalue weighted by Crippen LogP contribution is 2.24. The number of phenols is 1. The molecule has 1 aromatic carbocycles. The summed E-state index contributed by atoms with van der Waals surface area (Å²) < 4.78 is 0. The molecule has 84 valence electrons. The predicted octanol–water partition coefficient (Wildman–Crippen LogP) is 1.59. The fraction of sp³-hybridized carbons (Fsp3) is 0.300. The number of nitrogens with one attached hydrogen (secondary N) is 1. The predicted molar refractivity (Wildman–Crippen MR) is 62.0 cm³/mol. The summed E-state index contributed by atoms with van der Waals surface area (Å²) in [4.78, 5) is 10.8. The largest absolute Gasteiger partial charge is 0.506 e. The number of nitrogens with two attached hydrogens (primary N) is 1. The number of benzene rings is 1. The number of rotatable bonds is 2. The van der Waals surface area contributed by atoms with E-state index in [4.69, 9.17) is 5.73 Å². The second-order valence-electron chi connectivity index (χ2n) is 3.24. The molecule has 1 atom stereocenters. The lowest BCUT2D eigenvalue weighted by Crippen LogP contribution is -2.23. The van der Waals surface area contributed by atoms with Crippen molar-refractivity contribution in [1.29, 1.82) is 0 Å². The van der Waals surface area contributed by atoms with Gasteiger partial charge in [-0.2, -0.15) is 0 Å². The van der Waals surface area contributed by atoms with E-state index in [9.17, 15) is 9.90 Å². The summed E-state index contributed by atoms with van der Waals surface area (Å²) in [5, 5.41) is 12.1. The van der Waals surface area contributed by atoms with Crippen LogP contribution < -0.4 is 11.1 Å². The van der Waals surface area contributed by atoms with Crippen molar-refractivity contribution in [3.05, 3.63) is 23.8 Å². The average Bonchev–Trinajstić information content (AvgIpc) is 2.08. The standard InChI is InChI=1S/C10H14N2O2.ClH/c1-6(12-7(2)13)8-3-4-9(11)10(14)5-8;/h3-6,14H,11H2,1-2H3,(H,12,13);1H. The number of aromatic hydroxyl groups is 1. The molecule has 0 aliphatic rings. The molecule has 0 heterocycles. The van der Waals surface area contributed by atoms with Gasteiger partial charge in [0.15, 0.2) is 0 Å². The van der Waals surface area contributed by atoms with Crippen molar-refractivity contribution in [1.82, 2.24) is 5.32 Å². The number of hydrogen-bond donors (Lipinski definition) is 3. The summed E-state index contributed by atoms with van der Waals surface area (Å²) in [5.74, 6) is -0.0616. The molecule has 0 saturated heterocycles. The molecule has 0 fully saturated rings. The van der Waals surface area contributed by atoms with Gasteiger partial charge in [-0.3, -0.25) is 4.79 Å². The van der Waals surface area contributed by atoms with Crippen LogP contribution >= 0.6 is 12.4 Å². The van der Waals surface area contributed by atoms with Crippen molar-refractivity contribution in [2.75, 3.05) is 5.73 Å². The molecule has 4 nitrogen and oxygen atoms in total. The zero-order chi connectivity index (χ0) is 10.7. The van der Waals surface area contributed by atoms with Gasteiger partial charge >= 0.3 is 0 Å². The number of halogens is 1. The smallest absolute Gasteiger partial charge is 0.217 e. The van der Waals surface area contributed by atoms with Gasteiger partial charge in [0.25, 0.3) is 0 Å². The van der Waals surface area contributed by atoms with Gasteiger partial charge in [-0.05, 0) is 24.6 Å². The molecule has 1 unspecified atom stereocenters. The van der Waals surface area contributed by atoms with Gasteiger partial charge in [-0.25, -0.2) is 0 Å². The first-order chi connectivity index (χ1) is 6.50. The van der Waals surface area contributed by atoms with Crippen molar-refractivity contribution in [3.8, 4) is 5.75 Å². The quantitative estimate of drug-likeness (QED) is 0.534. The summed E-state index contributed by atoms with van der Waals surface area (Å²) in [6, 6.07) is 4.81. The average molecular weight is 231 g/mol. The highest BCUT2D eigenvalue weighted by Gasteiger charge is 2.07. The number of carbonyl (C=O) groups is 1. The minimum absolute atomic E-state index is 0. The van der Waals surface area contributed by atoms with E-state index in [1.807, 2.05) is 6.92 Å². The van der Waals surface area contributed by atoms with Crippen LogP contribution in [-0.2, 0) is 4.79 Å². The Labute approximate surface area is 94.9 Å². The summed E-state index contributed by atoms with van der Waals surface area (Å²) in [7, 11) is 0. The molecule has 0 bridgehead atoms. The fourth-order valence-electron chi connectivity index (χ4n) is 1.22. The highest BCUT2D eigenvalue weighted by atomic mass is 35.5. The van der Waals surface area contributed by atoms with E-state index in [0.717, 1.165) is 5.56 Å². The lowest BCUT2D eigenvalue weighted by Gasteiger charge is -2.13. The molecular formula is C10H15ClN2O2. The van der Waals surface area contributed by atoms with Crippen molar-refractivity contribution >= 4 is 24.0 Å². The van der Waals surface area contributed by atoms with Crippen LogP contribution in [0.15, 0.2) is 18.2 Å². The third-order valence-electron chi connectivity index (χ3n) is 1.97. The Morgan fingerprint density at radius 1 is 1.53 bits per heavy atom. The molecule has 0 aliphatic carbocycles. The van der Waals surface area contributed by atoms with Gasteiger partial charge in [0, 0.05) is 6.92 Å². The highest BCUT2D eigenvalue weighted by molar-refractivity contribution is 5.85. The number of hydrogen-bond acceptors (Lipinski definition) is 3. The molecule has 0 radical (unpaired) electrons. The monoisotopic (exact) mass is 230 g/mol. The van der Waals surface area contributed by atoms with Gasteiger partial charge in [0.05, 0.1) is 11.7 Å². The number of anilines is 1. The molecule has 5 heteroatoms. The van der Waals surface area contributed by atoms with Crippen LogP contribution in [0.3, 0.4) is 0 Å². The normalized spacial score (nSPS) is 11.3. The SMILES string of the molecule is CC(=O)NC(C)c1ccc(N)c(O)c1.Cl. The van der Waals surface area contributed by atoms with E-state index < -0.39 is 0 Å². The molecule has 0 aromatic heterocycles. The zero-order valence-electron chi connectivity index (χ0n) is 8.65. The zero-order valence-corrected chi connectivity index (χ0v) is 9.47. The van der Waals surface area contributed by atoms with Gasteiger partial charge < -0.3 is 16.2 Å². The lowest BCUT2D eigenvalue weighted by atomic mass is 10.1. The van der Waals surface area contributed by atoms with E-state index in [-0.39, 0.29) is 30.1 Å². The number of carbonyl (C=O) groups excluding carboxylic acids is 1. The van der Waals surface area contributed by atoms with E-state index in [1.54, 1.807) is 18.2 Å². The van der Waals surface area contributed by atoms with Gasteiger partial charge in [-0.1, -0.05) is 6.07 Å². The lowest BCUT2D eigenvalue weighted by molar-refractivity contribution is -0.119. The van der Waals surface area contributed by atoms with Crippen LogP contribution in [0.2, 0.25) is 0 Å². The summed E-state index contributed by atoms with van der Waals surface area (Å²) >= 11 is 0. The molecule has 4 N–H and O–H groups in total. The second-order valence-corrected chi connectivity index (χ2v) is 3.24.